The summed E-state index contributed by atoms with van der Waals surface area (Å²) in [6.07, 6.45) is -1.22. The van der Waals surface area contributed by atoms with Crippen LogP contribution >= 0.6 is 0 Å². The third-order valence-corrected chi connectivity index (χ3v) is 4.43. The average Bonchev–Trinajstić information content (AvgIpc) is 2.73. The summed E-state index contributed by atoms with van der Waals surface area (Å²) in [4.78, 5) is 46.9. The summed E-state index contributed by atoms with van der Waals surface area (Å²) in [5.74, 6) is -2.06. The number of amides is 2. The monoisotopic (exact) mass is 429 g/mol. The number of nitrogens with one attached hydrogen (secondary N) is 2. The molecule has 2 aromatic carbocycles. The molecule has 0 saturated carbocycles. The van der Waals surface area contributed by atoms with Crippen LogP contribution in [0.15, 0.2) is 36.4 Å². The molecule has 1 atom stereocenters. The van der Waals surface area contributed by atoms with E-state index in [4.69, 9.17) is 9.47 Å². The van der Waals surface area contributed by atoms with Crippen molar-refractivity contribution in [2.45, 2.75) is 26.9 Å². The van der Waals surface area contributed by atoms with E-state index in [0.717, 1.165) is 17.2 Å². The number of para-hydroxylation sites is 1. The summed E-state index contributed by atoms with van der Waals surface area (Å²) in [5, 5.41) is 16.2. The van der Waals surface area contributed by atoms with Gasteiger partial charge in [0.25, 0.3) is 5.91 Å². The minimum atomic E-state index is -1.22. The van der Waals surface area contributed by atoms with E-state index in [0.29, 0.717) is 5.69 Å². The molecule has 2 N–H and O–H groups in total. The van der Waals surface area contributed by atoms with Crippen LogP contribution in [0.1, 0.15) is 28.4 Å². The van der Waals surface area contributed by atoms with Crippen molar-refractivity contribution in [3.05, 3.63) is 63.2 Å². The van der Waals surface area contributed by atoms with E-state index in [1.54, 1.807) is 0 Å². The zero-order chi connectivity index (χ0) is 23.1. The Morgan fingerprint density at radius 1 is 1.13 bits per heavy atom. The highest BCUT2D eigenvalue weighted by Gasteiger charge is 2.23. The van der Waals surface area contributed by atoms with Gasteiger partial charge in [-0.3, -0.25) is 19.7 Å². The number of ether oxygens (including phenoxy) is 2. The molecule has 0 aliphatic rings. The SMILES string of the molecule is COc1ccc(C(=O)OC(C)C(=O)NCC(=O)Nc2c(C)cccc2C)cc1[N+](=O)[O-]. The number of carbonyl (C=O) groups excluding carboxylic acids is 3. The fraction of sp³-hybridized carbons (Fsp3) is 0.286. The highest BCUT2D eigenvalue weighted by atomic mass is 16.6. The topological polar surface area (TPSA) is 137 Å². The van der Waals surface area contributed by atoms with Crippen molar-refractivity contribution >= 4 is 29.2 Å². The van der Waals surface area contributed by atoms with Gasteiger partial charge in [0, 0.05) is 11.8 Å². The Morgan fingerprint density at radius 2 is 1.77 bits per heavy atom. The fourth-order valence-corrected chi connectivity index (χ4v) is 2.75. The van der Waals surface area contributed by atoms with Gasteiger partial charge in [-0.25, -0.2) is 4.79 Å². The van der Waals surface area contributed by atoms with Crippen molar-refractivity contribution in [1.29, 1.82) is 0 Å². The third kappa shape index (κ3) is 6.01. The number of nitro benzene ring substituents is 1. The summed E-state index contributed by atoms with van der Waals surface area (Å²) < 4.78 is 9.93. The van der Waals surface area contributed by atoms with Crippen LogP contribution in [-0.2, 0) is 14.3 Å². The Kier molecular flexibility index (Phi) is 7.67. The Bertz CT molecular complexity index is 1000. The van der Waals surface area contributed by atoms with E-state index in [1.165, 1.54) is 26.2 Å². The van der Waals surface area contributed by atoms with Gasteiger partial charge < -0.3 is 20.1 Å². The van der Waals surface area contributed by atoms with E-state index >= 15 is 0 Å². The van der Waals surface area contributed by atoms with Gasteiger partial charge in [-0.15, -0.1) is 0 Å². The van der Waals surface area contributed by atoms with Crippen molar-refractivity contribution in [3.8, 4) is 5.75 Å². The molecule has 31 heavy (non-hydrogen) atoms. The van der Waals surface area contributed by atoms with Gasteiger partial charge in [-0.2, -0.15) is 0 Å². The smallest absolute Gasteiger partial charge is 0.339 e. The van der Waals surface area contributed by atoms with Crippen molar-refractivity contribution < 1.29 is 28.8 Å². The van der Waals surface area contributed by atoms with Gasteiger partial charge in [0.2, 0.25) is 5.91 Å². The quantitative estimate of drug-likeness (QED) is 0.374. The fourth-order valence-electron chi connectivity index (χ4n) is 2.75. The van der Waals surface area contributed by atoms with E-state index in [-0.39, 0.29) is 17.9 Å². The Balaban J connectivity index is 1.93. The number of rotatable bonds is 8. The summed E-state index contributed by atoms with van der Waals surface area (Å²) in [7, 11) is 1.27. The van der Waals surface area contributed by atoms with Gasteiger partial charge in [0.1, 0.15) is 0 Å². The molecule has 10 nitrogen and oxygen atoms in total. The zero-order valence-electron chi connectivity index (χ0n) is 17.6. The molecule has 1 unspecified atom stereocenters. The van der Waals surface area contributed by atoms with Crippen molar-refractivity contribution in [3.63, 3.8) is 0 Å². The lowest BCUT2D eigenvalue weighted by atomic mass is 10.1. The Labute approximate surface area is 178 Å². The van der Waals surface area contributed by atoms with Gasteiger partial charge in [-0.05, 0) is 44.0 Å². The molecule has 0 radical (unpaired) electrons. The van der Waals surface area contributed by atoms with Crippen molar-refractivity contribution in [1.82, 2.24) is 5.32 Å². The predicted octanol–water partition coefficient (Wildman–Crippen LogP) is 2.52. The molecule has 0 aliphatic carbocycles. The maximum atomic E-state index is 12.2. The molecule has 0 aromatic heterocycles. The predicted molar refractivity (Wildman–Crippen MR) is 112 cm³/mol. The Morgan fingerprint density at radius 3 is 2.35 bits per heavy atom. The van der Waals surface area contributed by atoms with Crippen LogP contribution < -0.4 is 15.4 Å². The van der Waals surface area contributed by atoms with Gasteiger partial charge in [-0.1, -0.05) is 18.2 Å². The first-order valence-electron chi connectivity index (χ1n) is 9.31. The first-order valence-corrected chi connectivity index (χ1v) is 9.31. The maximum absolute atomic E-state index is 12.2. The molecule has 0 fully saturated rings. The van der Waals surface area contributed by atoms with E-state index in [2.05, 4.69) is 10.6 Å². The lowest BCUT2D eigenvalue weighted by molar-refractivity contribution is -0.385. The average molecular weight is 429 g/mol. The number of anilines is 1. The zero-order valence-corrected chi connectivity index (χ0v) is 17.6. The van der Waals surface area contributed by atoms with E-state index < -0.39 is 34.5 Å². The molecule has 2 amide bonds. The van der Waals surface area contributed by atoms with Gasteiger partial charge >= 0.3 is 11.7 Å². The summed E-state index contributed by atoms with van der Waals surface area (Å²) in [6.45, 7) is 4.72. The number of nitrogens with zero attached hydrogens (tertiary/aromatic N) is 1. The first-order chi connectivity index (χ1) is 14.6. The number of esters is 1. The number of hydrogen-bond acceptors (Lipinski definition) is 7. The second-order valence-electron chi connectivity index (χ2n) is 6.72. The highest BCUT2D eigenvalue weighted by molar-refractivity contribution is 5.97. The van der Waals surface area contributed by atoms with Crippen LogP contribution in [0.3, 0.4) is 0 Å². The summed E-state index contributed by atoms with van der Waals surface area (Å²) in [6, 6.07) is 9.13. The molecule has 0 spiro atoms. The van der Waals surface area contributed by atoms with Crippen LogP contribution in [0.25, 0.3) is 0 Å². The van der Waals surface area contributed by atoms with Crippen LogP contribution in [-0.4, -0.2) is 42.5 Å². The number of benzene rings is 2. The highest BCUT2D eigenvalue weighted by Crippen LogP contribution is 2.27. The molecule has 0 heterocycles. The van der Waals surface area contributed by atoms with Crippen molar-refractivity contribution in [2.24, 2.45) is 0 Å². The molecule has 10 heteroatoms. The standard InChI is InChI=1S/C21H23N3O7/c1-12-6-5-7-13(2)19(12)23-18(25)11-22-20(26)14(3)31-21(27)15-8-9-17(30-4)16(10-15)24(28)29/h5-10,14H,11H2,1-4H3,(H,22,26)(H,23,25). The summed E-state index contributed by atoms with van der Waals surface area (Å²) in [5.41, 5.74) is 1.92. The first kappa shape index (κ1) is 23.3. The molecule has 164 valence electrons. The molecule has 2 aromatic rings. The number of carbonyl (C=O) groups is 3. The minimum Gasteiger partial charge on any atom is -0.490 e. The molecule has 0 bridgehead atoms. The maximum Gasteiger partial charge on any atom is 0.339 e. The second-order valence-corrected chi connectivity index (χ2v) is 6.72. The number of aryl methyl sites for hydroxylation is 2. The van der Waals surface area contributed by atoms with Crippen LogP contribution in [0.5, 0.6) is 5.75 Å². The molecular formula is C21H23N3O7. The van der Waals surface area contributed by atoms with Crippen LogP contribution in [0.4, 0.5) is 11.4 Å². The molecular weight excluding hydrogens is 406 g/mol. The summed E-state index contributed by atoms with van der Waals surface area (Å²) >= 11 is 0. The lowest BCUT2D eigenvalue weighted by Gasteiger charge is -2.15. The number of methoxy groups -OCH3 is 1. The van der Waals surface area contributed by atoms with E-state index in [1.807, 2.05) is 32.0 Å². The number of nitro groups is 1. The molecule has 2 rings (SSSR count). The van der Waals surface area contributed by atoms with Crippen LogP contribution in [0, 0.1) is 24.0 Å². The van der Waals surface area contributed by atoms with Crippen LogP contribution in [0.2, 0.25) is 0 Å². The number of hydrogen-bond donors (Lipinski definition) is 2. The largest absolute Gasteiger partial charge is 0.490 e. The van der Waals surface area contributed by atoms with Crippen molar-refractivity contribution in [2.75, 3.05) is 19.0 Å². The minimum absolute atomic E-state index is 0.0118. The van der Waals surface area contributed by atoms with Gasteiger partial charge in [0.15, 0.2) is 11.9 Å². The second kappa shape index (κ2) is 10.2. The van der Waals surface area contributed by atoms with E-state index in [9.17, 15) is 24.5 Å². The lowest BCUT2D eigenvalue weighted by Crippen LogP contribution is -2.40. The normalized spacial score (nSPS) is 11.2. The van der Waals surface area contributed by atoms with Gasteiger partial charge in [0.05, 0.1) is 24.1 Å². The third-order valence-electron chi connectivity index (χ3n) is 4.43. The molecule has 0 saturated heterocycles. The molecule has 0 aliphatic heterocycles. The Hall–Kier alpha value is -3.95.